The number of aromatic carboxylic acids is 1. The Morgan fingerprint density at radius 3 is 2.39 bits per heavy atom. The van der Waals surface area contributed by atoms with Gasteiger partial charge in [0.2, 0.25) is 11.9 Å². The molecule has 1 amide bonds. The summed E-state index contributed by atoms with van der Waals surface area (Å²) in [5, 5.41) is 15.8. The Hall–Kier alpha value is -3.25. The summed E-state index contributed by atoms with van der Waals surface area (Å²) in [5.74, 6) is -4.47. The Bertz CT molecular complexity index is 1480. The summed E-state index contributed by atoms with van der Waals surface area (Å²) >= 11 is 13.0. The molecule has 14 heteroatoms. The van der Waals surface area contributed by atoms with Crippen LogP contribution in [0.3, 0.4) is 0 Å². The Labute approximate surface area is 243 Å². The predicted octanol–water partition coefficient (Wildman–Crippen LogP) is 6.95. The van der Waals surface area contributed by atoms with E-state index in [1.54, 1.807) is 26.8 Å². The second-order valence-corrected chi connectivity index (χ2v) is 11.7. The van der Waals surface area contributed by atoms with Crippen molar-refractivity contribution in [3.05, 3.63) is 45.4 Å². The number of carboxylic acids is 1. The molecule has 0 atom stereocenters. The molecule has 1 saturated heterocycles. The lowest BCUT2D eigenvalue weighted by atomic mass is 9.95. The van der Waals surface area contributed by atoms with Crippen LogP contribution in [0.2, 0.25) is 10.0 Å². The normalized spacial score (nSPS) is 15.4. The molecular formula is C27H29Cl2F4N5O3. The minimum absolute atomic E-state index is 0.0778. The summed E-state index contributed by atoms with van der Waals surface area (Å²) < 4.78 is 56.2. The molecule has 0 radical (unpaired) electrons. The highest BCUT2D eigenvalue weighted by atomic mass is 35.5. The average Bonchev–Trinajstić information content (AvgIpc) is 3.19. The van der Waals surface area contributed by atoms with E-state index >= 15 is 0 Å². The molecule has 0 aliphatic carbocycles. The van der Waals surface area contributed by atoms with Gasteiger partial charge in [0.15, 0.2) is 0 Å². The van der Waals surface area contributed by atoms with Crippen LogP contribution in [0.4, 0.5) is 34.9 Å². The first kappa shape index (κ1) is 30.7. The molecule has 3 N–H and O–H groups in total. The van der Waals surface area contributed by atoms with Crippen molar-refractivity contribution in [2.75, 3.05) is 23.3 Å². The molecule has 0 bridgehead atoms. The van der Waals surface area contributed by atoms with Gasteiger partial charge in [-0.2, -0.15) is 0 Å². The lowest BCUT2D eigenvalue weighted by molar-refractivity contribution is -0.128. The molecule has 3 aromatic rings. The van der Waals surface area contributed by atoms with Gasteiger partial charge in [-0.3, -0.25) is 4.79 Å². The van der Waals surface area contributed by atoms with Crippen molar-refractivity contribution < 1.29 is 32.3 Å². The smallest absolute Gasteiger partial charge is 0.337 e. The van der Waals surface area contributed by atoms with E-state index < -0.39 is 43.1 Å². The van der Waals surface area contributed by atoms with Crippen LogP contribution in [0.1, 0.15) is 49.5 Å². The van der Waals surface area contributed by atoms with E-state index in [9.17, 15) is 32.3 Å². The zero-order valence-electron chi connectivity index (χ0n) is 22.5. The topological polar surface area (TPSA) is 99.5 Å². The summed E-state index contributed by atoms with van der Waals surface area (Å²) in [6.45, 7) is 4.34. The monoisotopic (exact) mass is 617 g/mol. The number of alkyl halides is 4. The van der Waals surface area contributed by atoms with Crippen LogP contribution < -0.4 is 15.5 Å². The largest absolute Gasteiger partial charge is 0.478 e. The van der Waals surface area contributed by atoms with Crippen LogP contribution in [0.15, 0.2) is 24.3 Å². The van der Waals surface area contributed by atoms with Gasteiger partial charge in [0.1, 0.15) is 0 Å². The maximum absolute atomic E-state index is 13.8. The highest BCUT2D eigenvalue weighted by Crippen LogP contribution is 2.38. The molecule has 1 aliphatic rings. The second-order valence-electron chi connectivity index (χ2n) is 10.9. The molecule has 41 heavy (non-hydrogen) atoms. The molecule has 1 aromatic heterocycles. The number of fused-ring (bicyclic) bond motifs is 1. The highest BCUT2D eigenvalue weighted by molar-refractivity contribution is 6.39. The van der Waals surface area contributed by atoms with Crippen LogP contribution in [-0.4, -0.2) is 52.0 Å². The Kier molecular flexibility index (Phi) is 8.65. The van der Waals surface area contributed by atoms with Crippen molar-refractivity contribution in [2.24, 2.45) is 5.41 Å². The molecule has 2 heterocycles. The van der Waals surface area contributed by atoms with E-state index in [0.29, 0.717) is 5.56 Å². The van der Waals surface area contributed by atoms with Crippen molar-refractivity contribution in [3.63, 3.8) is 0 Å². The number of benzene rings is 2. The van der Waals surface area contributed by atoms with Crippen LogP contribution in [-0.2, 0) is 17.9 Å². The van der Waals surface area contributed by atoms with Crippen molar-refractivity contribution >= 4 is 63.4 Å². The minimum Gasteiger partial charge on any atom is -0.478 e. The number of nitrogens with one attached hydrogen (secondary N) is 2. The third kappa shape index (κ3) is 6.81. The molecule has 0 spiro atoms. The Morgan fingerprint density at radius 2 is 1.80 bits per heavy atom. The molecule has 8 nitrogen and oxygen atoms in total. The SMILES string of the molecule is CC(C)(C)C(=O)NCc1ccc(Cl)c(Nc2nc3cc(C(=O)O)c(N4CCC(F)(F)CC4)cc3n2CC(F)F)c1Cl. The van der Waals surface area contributed by atoms with Crippen LogP contribution in [0.5, 0.6) is 0 Å². The van der Waals surface area contributed by atoms with Crippen LogP contribution in [0.25, 0.3) is 11.0 Å². The summed E-state index contributed by atoms with van der Waals surface area (Å²) in [4.78, 5) is 30.3. The average molecular weight is 618 g/mol. The number of piperidine rings is 1. The fraction of sp³-hybridized carbons (Fsp3) is 0.444. The van der Waals surface area contributed by atoms with Crippen LogP contribution >= 0.6 is 23.2 Å². The first-order chi connectivity index (χ1) is 19.1. The van der Waals surface area contributed by atoms with Gasteiger partial charge in [-0.15, -0.1) is 0 Å². The van der Waals surface area contributed by atoms with Gasteiger partial charge in [-0.05, 0) is 23.8 Å². The number of carbonyl (C=O) groups excluding carboxylic acids is 1. The molecular weight excluding hydrogens is 589 g/mol. The number of aromatic nitrogens is 2. The summed E-state index contributed by atoms with van der Waals surface area (Å²) in [5.41, 5.74) is 0.230. The van der Waals surface area contributed by atoms with E-state index in [4.69, 9.17) is 23.2 Å². The maximum Gasteiger partial charge on any atom is 0.337 e. The quantitative estimate of drug-likeness (QED) is 0.237. The first-order valence-electron chi connectivity index (χ1n) is 12.8. The molecule has 0 saturated carbocycles. The molecule has 2 aromatic carbocycles. The van der Waals surface area contributed by atoms with E-state index in [1.807, 2.05) is 0 Å². The number of nitrogens with zero attached hydrogens (tertiary/aromatic N) is 3. The third-order valence-electron chi connectivity index (χ3n) is 6.78. The van der Waals surface area contributed by atoms with Gasteiger partial charge in [0.05, 0.1) is 44.6 Å². The summed E-state index contributed by atoms with van der Waals surface area (Å²) in [6.07, 6.45) is -3.73. The third-order valence-corrected chi connectivity index (χ3v) is 7.53. The number of anilines is 3. The van der Waals surface area contributed by atoms with Crippen molar-refractivity contribution in [3.8, 4) is 0 Å². The van der Waals surface area contributed by atoms with Crippen LogP contribution in [0, 0.1) is 5.41 Å². The van der Waals surface area contributed by atoms with Gasteiger partial charge in [-0.1, -0.05) is 50.0 Å². The van der Waals surface area contributed by atoms with Gasteiger partial charge in [0.25, 0.3) is 12.3 Å². The first-order valence-corrected chi connectivity index (χ1v) is 13.5. The molecule has 4 rings (SSSR count). The number of hydrogen-bond acceptors (Lipinski definition) is 5. The van der Waals surface area contributed by atoms with Gasteiger partial charge >= 0.3 is 5.97 Å². The number of hydrogen-bond donors (Lipinski definition) is 3. The molecule has 1 aliphatic heterocycles. The predicted molar refractivity (Wildman–Crippen MR) is 150 cm³/mol. The fourth-order valence-corrected chi connectivity index (χ4v) is 5.02. The fourth-order valence-electron chi connectivity index (χ4n) is 4.49. The van der Waals surface area contributed by atoms with Crippen molar-refractivity contribution in [1.82, 2.24) is 14.9 Å². The summed E-state index contributed by atoms with van der Waals surface area (Å²) in [6, 6.07) is 5.76. The zero-order valence-corrected chi connectivity index (χ0v) is 24.0. The van der Waals surface area contributed by atoms with E-state index in [2.05, 4.69) is 15.6 Å². The number of halogens is 6. The molecule has 1 fully saturated rings. The van der Waals surface area contributed by atoms with Gasteiger partial charge < -0.3 is 25.2 Å². The lowest BCUT2D eigenvalue weighted by Gasteiger charge is -2.34. The van der Waals surface area contributed by atoms with Crippen molar-refractivity contribution in [2.45, 2.75) is 59.1 Å². The number of carboxylic acid groups (broad SMARTS) is 1. The number of amides is 1. The molecule has 0 unspecified atom stereocenters. The minimum atomic E-state index is -2.86. The zero-order chi connectivity index (χ0) is 30.3. The Balaban J connectivity index is 1.76. The number of imidazole rings is 1. The molecule has 222 valence electrons. The summed E-state index contributed by atoms with van der Waals surface area (Å²) in [7, 11) is 0. The lowest BCUT2D eigenvalue weighted by Crippen LogP contribution is -2.40. The van der Waals surface area contributed by atoms with Gasteiger partial charge in [-0.25, -0.2) is 27.3 Å². The standard InChI is InChI=1S/C27H29Cl2F4N5O3/c1-26(2,3)24(41)34-12-14-4-5-16(28)22(21(14)29)36-25-35-17-10-15(23(39)40)18(11-19(17)38(25)13-20(30)31)37-8-6-27(32,33)7-9-37/h4-5,10-11,20H,6-9,12-13H2,1-3H3,(H,34,41)(H,35,36)(H,39,40). The maximum atomic E-state index is 13.8. The van der Waals surface area contributed by atoms with E-state index in [-0.39, 0.29) is 69.5 Å². The van der Waals surface area contributed by atoms with Gasteiger partial charge in [0, 0.05) is 37.9 Å². The highest BCUT2D eigenvalue weighted by Gasteiger charge is 2.35. The van der Waals surface area contributed by atoms with Crippen molar-refractivity contribution in [1.29, 1.82) is 0 Å². The number of carbonyl (C=O) groups is 2. The van der Waals surface area contributed by atoms with E-state index in [1.165, 1.54) is 23.1 Å². The van der Waals surface area contributed by atoms with E-state index in [0.717, 1.165) is 4.57 Å². The second kappa shape index (κ2) is 11.6. The Morgan fingerprint density at radius 1 is 1.15 bits per heavy atom. The number of rotatable bonds is 8.